The molecular formula is C19H19BFN3O. The van der Waals surface area contributed by atoms with Crippen molar-refractivity contribution in [1.82, 2.24) is 9.78 Å². The predicted octanol–water partition coefficient (Wildman–Crippen LogP) is 4.08. The lowest BCUT2D eigenvalue weighted by molar-refractivity contribution is 0.0391. The van der Waals surface area contributed by atoms with Crippen molar-refractivity contribution in [2.75, 3.05) is 12.4 Å². The van der Waals surface area contributed by atoms with Crippen molar-refractivity contribution in [3.8, 4) is 22.7 Å². The van der Waals surface area contributed by atoms with E-state index >= 15 is 0 Å². The van der Waals surface area contributed by atoms with E-state index in [0.29, 0.717) is 5.75 Å². The van der Waals surface area contributed by atoms with Crippen LogP contribution in [0.3, 0.4) is 0 Å². The molecular weight excluding hydrogens is 316 g/mol. The van der Waals surface area contributed by atoms with Crippen molar-refractivity contribution in [3.63, 3.8) is 0 Å². The summed E-state index contributed by atoms with van der Waals surface area (Å²) in [6, 6.07) is 17.1. The second kappa shape index (κ2) is 6.63. The Labute approximate surface area is 148 Å². The smallest absolute Gasteiger partial charge is 0.195 e. The molecule has 2 aromatic carbocycles. The van der Waals surface area contributed by atoms with E-state index in [1.54, 1.807) is 28.9 Å². The van der Waals surface area contributed by atoms with E-state index in [4.69, 9.17) is 12.6 Å². The van der Waals surface area contributed by atoms with Gasteiger partial charge in [-0.2, -0.15) is 5.10 Å². The molecule has 2 radical (unpaired) electrons. The van der Waals surface area contributed by atoms with Crippen LogP contribution < -0.4 is 10.1 Å². The van der Waals surface area contributed by atoms with Gasteiger partial charge in [0.25, 0.3) is 0 Å². The first-order valence-corrected chi connectivity index (χ1v) is 7.98. The lowest BCUT2D eigenvalue weighted by Crippen LogP contribution is -2.26. The van der Waals surface area contributed by atoms with Crippen molar-refractivity contribution in [2.45, 2.75) is 19.6 Å². The fourth-order valence-corrected chi connectivity index (χ4v) is 2.51. The number of nitrogens with zero attached hydrogens (tertiary/aromatic N) is 2. The maximum atomic E-state index is 13.4. The SMILES string of the molecule is [B]C(C)(F)Oc1ccc(-n2nc(-c3ccc(C)cc3)cc2NC)cc1. The number of benzene rings is 2. The number of halogens is 1. The van der Waals surface area contributed by atoms with E-state index < -0.39 is 5.75 Å². The third-order valence-electron chi connectivity index (χ3n) is 3.71. The first kappa shape index (κ1) is 17.1. The molecule has 6 heteroatoms. The van der Waals surface area contributed by atoms with Crippen molar-refractivity contribution >= 4 is 13.7 Å². The summed E-state index contributed by atoms with van der Waals surface area (Å²) in [6.07, 6.45) is 0. The number of hydrogen-bond acceptors (Lipinski definition) is 3. The van der Waals surface area contributed by atoms with Crippen LogP contribution in [0.15, 0.2) is 54.6 Å². The predicted molar refractivity (Wildman–Crippen MR) is 99.2 cm³/mol. The lowest BCUT2D eigenvalue weighted by Gasteiger charge is -2.18. The Hall–Kier alpha value is -2.76. The van der Waals surface area contributed by atoms with Crippen LogP contribution in [0.1, 0.15) is 12.5 Å². The molecule has 0 aliphatic rings. The van der Waals surface area contributed by atoms with E-state index in [9.17, 15) is 4.39 Å². The molecule has 0 bridgehead atoms. The van der Waals surface area contributed by atoms with Crippen LogP contribution in [-0.4, -0.2) is 30.4 Å². The van der Waals surface area contributed by atoms with Crippen molar-refractivity contribution in [2.24, 2.45) is 0 Å². The Kier molecular flexibility index (Phi) is 4.53. The molecule has 0 amide bonds. The molecule has 1 aromatic heterocycles. The number of anilines is 1. The third kappa shape index (κ3) is 4.02. The van der Waals surface area contributed by atoms with Gasteiger partial charge in [-0.05, 0) is 38.1 Å². The topological polar surface area (TPSA) is 39.1 Å². The highest BCUT2D eigenvalue weighted by molar-refractivity contribution is 6.13. The van der Waals surface area contributed by atoms with Gasteiger partial charge in [0.2, 0.25) is 0 Å². The maximum absolute atomic E-state index is 13.4. The van der Waals surface area contributed by atoms with E-state index in [0.717, 1.165) is 29.7 Å². The van der Waals surface area contributed by atoms with Crippen molar-refractivity contribution < 1.29 is 9.13 Å². The molecule has 1 heterocycles. The summed E-state index contributed by atoms with van der Waals surface area (Å²) in [7, 11) is 7.06. The minimum absolute atomic E-state index is 0.355. The largest absolute Gasteiger partial charge is 0.468 e. The molecule has 0 saturated carbocycles. The molecule has 4 nitrogen and oxygen atoms in total. The number of aromatic nitrogens is 2. The molecule has 1 atom stereocenters. The molecule has 0 spiro atoms. The monoisotopic (exact) mass is 335 g/mol. The summed E-state index contributed by atoms with van der Waals surface area (Å²) < 4.78 is 20.2. The Morgan fingerprint density at radius 3 is 2.32 bits per heavy atom. The second-order valence-electron chi connectivity index (χ2n) is 6.02. The van der Waals surface area contributed by atoms with E-state index in [1.807, 2.05) is 25.2 Å². The number of aryl methyl sites for hydroxylation is 1. The average molecular weight is 335 g/mol. The van der Waals surface area contributed by atoms with Crippen LogP contribution in [0.25, 0.3) is 16.9 Å². The summed E-state index contributed by atoms with van der Waals surface area (Å²) in [5.41, 5.74) is 3.93. The minimum Gasteiger partial charge on any atom is -0.468 e. The Morgan fingerprint density at radius 1 is 1.12 bits per heavy atom. The van der Waals surface area contributed by atoms with Crippen LogP contribution in [0.4, 0.5) is 10.2 Å². The highest BCUT2D eigenvalue weighted by atomic mass is 19.2. The van der Waals surface area contributed by atoms with Gasteiger partial charge < -0.3 is 10.1 Å². The maximum Gasteiger partial charge on any atom is 0.195 e. The minimum atomic E-state index is -2.21. The van der Waals surface area contributed by atoms with Gasteiger partial charge in [0, 0.05) is 18.7 Å². The van der Waals surface area contributed by atoms with Gasteiger partial charge >= 0.3 is 0 Å². The molecule has 0 fully saturated rings. The Balaban J connectivity index is 1.93. The van der Waals surface area contributed by atoms with Gasteiger partial charge in [-0.1, -0.05) is 29.8 Å². The standard InChI is InChI=1S/C19H19BFN3O/c1-13-4-6-14(7-5-13)17-12-18(22-3)24(23-17)15-8-10-16(11-9-15)25-19(2,20)21/h4-12,22H,1-3H3. The molecule has 3 rings (SSSR count). The molecule has 3 aromatic rings. The van der Waals surface area contributed by atoms with E-state index in [-0.39, 0.29) is 0 Å². The van der Waals surface area contributed by atoms with Crippen LogP contribution in [0.2, 0.25) is 0 Å². The van der Waals surface area contributed by atoms with Gasteiger partial charge in [-0.3, -0.25) is 0 Å². The van der Waals surface area contributed by atoms with Gasteiger partial charge in [-0.25, -0.2) is 9.07 Å². The van der Waals surface area contributed by atoms with Crippen molar-refractivity contribution in [3.05, 3.63) is 60.2 Å². The van der Waals surface area contributed by atoms with Crippen LogP contribution in [0, 0.1) is 6.92 Å². The van der Waals surface area contributed by atoms with E-state index in [2.05, 4.69) is 29.5 Å². The highest BCUT2D eigenvalue weighted by Crippen LogP contribution is 2.26. The molecule has 0 aliphatic carbocycles. The van der Waals surface area contributed by atoms with Crippen molar-refractivity contribution in [1.29, 1.82) is 0 Å². The van der Waals surface area contributed by atoms with Crippen LogP contribution >= 0.6 is 0 Å². The Morgan fingerprint density at radius 2 is 1.76 bits per heavy atom. The fourth-order valence-electron chi connectivity index (χ4n) is 2.51. The van der Waals surface area contributed by atoms with Crippen LogP contribution in [0.5, 0.6) is 5.75 Å². The summed E-state index contributed by atoms with van der Waals surface area (Å²) >= 11 is 0. The molecule has 1 unspecified atom stereocenters. The lowest BCUT2D eigenvalue weighted by atomic mass is 9.99. The average Bonchev–Trinajstić information content (AvgIpc) is 2.99. The normalized spacial score (nSPS) is 13.3. The number of nitrogens with one attached hydrogen (secondary N) is 1. The third-order valence-corrected chi connectivity index (χ3v) is 3.71. The summed E-state index contributed by atoms with van der Waals surface area (Å²) in [6.45, 7) is 3.20. The van der Waals surface area contributed by atoms with Gasteiger partial charge in [-0.15, -0.1) is 0 Å². The van der Waals surface area contributed by atoms with Gasteiger partial charge in [0.1, 0.15) is 11.6 Å². The summed E-state index contributed by atoms with van der Waals surface area (Å²) in [4.78, 5) is 0. The molecule has 25 heavy (non-hydrogen) atoms. The van der Waals surface area contributed by atoms with Gasteiger partial charge in [0.05, 0.1) is 11.4 Å². The van der Waals surface area contributed by atoms with E-state index in [1.165, 1.54) is 5.56 Å². The molecule has 0 saturated heterocycles. The van der Waals surface area contributed by atoms with Gasteiger partial charge in [0.15, 0.2) is 13.6 Å². The number of rotatable bonds is 5. The highest BCUT2D eigenvalue weighted by Gasteiger charge is 2.16. The summed E-state index contributed by atoms with van der Waals surface area (Å²) in [5, 5.41) is 7.81. The molecule has 126 valence electrons. The zero-order valence-corrected chi connectivity index (χ0v) is 14.5. The van der Waals surface area contributed by atoms with Crippen LogP contribution in [-0.2, 0) is 0 Å². The first-order chi connectivity index (χ1) is 11.9. The zero-order valence-electron chi connectivity index (χ0n) is 14.5. The fraction of sp³-hybridized carbons (Fsp3) is 0.211. The number of ether oxygens (including phenoxy) is 1. The second-order valence-corrected chi connectivity index (χ2v) is 6.02. The quantitative estimate of drug-likeness (QED) is 0.714. The molecule has 1 N–H and O–H groups in total. The zero-order chi connectivity index (χ0) is 18.0. The Bertz CT molecular complexity index is 852. The number of alkyl halides is 1. The molecule has 0 aliphatic heterocycles. The summed E-state index contributed by atoms with van der Waals surface area (Å²) in [5.74, 6) is -1.01. The first-order valence-electron chi connectivity index (χ1n) is 7.98. The number of hydrogen-bond donors (Lipinski definition) is 1.